The van der Waals surface area contributed by atoms with Gasteiger partial charge in [0.05, 0.1) is 0 Å². The smallest absolute Gasteiger partial charge is 0.357 e. The summed E-state index contributed by atoms with van der Waals surface area (Å²) < 4.78 is 10.6. The van der Waals surface area contributed by atoms with Crippen molar-refractivity contribution >= 4 is 11.7 Å². The van der Waals surface area contributed by atoms with E-state index in [4.69, 9.17) is 9.47 Å². The zero-order valence-electron chi connectivity index (χ0n) is 12.3. The van der Waals surface area contributed by atoms with Crippen LogP contribution in [0.15, 0.2) is 18.3 Å². The third kappa shape index (κ3) is 4.49. The fourth-order valence-electron chi connectivity index (χ4n) is 2.04. The van der Waals surface area contributed by atoms with Gasteiger partial charge >= 0.3 is 5.97 Å². The van der Waals surface area contributed by atoms with Crippen LogP contribution in [0.4, 0.5) is 5.69 Å². The van der Waals surface area contributed by atoms with Crippen LogP contribution in [-0.2, 0) is 9.47 Å². The van der Waals surface area contributed by atoms with Gasteiger partial charge in [0.1, 0.15) is 11.3 Å². The van der Waals surface area contributed by atoms with Crippen LogP contribution < -0.4 is 5.32 Å². The van der Waals surface area contributed by atoms with E-state index in [1.165, 1.54) is 0 Å². The van der Waals surface area contributed by atoms with Gasteiger partial charge in [0.2, 0.25) is 0 Å². The van der Waals surface area contributed by atoms with Crippen molar-refractivity contribution in [3.63, 3.8) is 0 Å². The molecule has 0 saturated carbocycles. The highest BCUT2D eigenvalue weighted by molar-refractivity contribution is 5.88. The molecule has 1 aliphatic heterocycles. The summed E-state index contributed by atoms with van der Waals surface area (Å²) in [6, 6.07) is 3.99. The first-order valence-corrected chi connectivity index (χ1v) is 6.98. The highest BCUT2D eigenvalue weighted by Gasteiger charge is 2.19. The molecule has 0 radical (unpaired) electrons. The molecule has 0 spiro atoms. The lowest BCUT2D eigenvalue weighted by Crippen LogP contribution is -2.28. The quantitative estimate of drug-likeness (QED) is 0.861. The molecule has 1 aromatic heterocycles. The molecule has 2 rings (SSSR count). The molecule has 0 bridgehead atoms. The standard InChI is InChI=1S/C15H22N2O3/c1-15(2,3)20-14(18)13-10-12(4-7-16-13)17-11-5-8-19-9-6-11/h4,7,10-11H,5-6,8-9H2,1-3H3,(H,16,17). The van der Waals surface area contributed by atoms with Gasteiger partial charge in [-0.15, -0.1) is 0 Å². The summed E-state index contributed by atoms with van der Waals surface area (Å²) in [7, 11) is 0. The summed E-state index contributed by atoms with van der Waals surface area (Å²) in [4.78, 5) is 16.0. The Kier molecular flexibility index (Phi) is 4.60. The number of ether oxygens (including phenoxy) is 2. The molecule has 0 unspecified atom stereocenters. The molecule has 0 atom stereocenters. The molecule has 1 saturated heterocycles. The molecular formula is C15H22N2O3. The third-order valence-electron chi connectivity index (χ3n) is 2.96. The minimum atomic E-state index is -0.511. The molecule has 1 aromatic rings. The Balaban J connectivity index is 2.01. The second-order valence-electron chi connectivity index (χ2n) is 5.96. The number of carbonyl (C=O) groups is 1. The number of hydrogen-bond acceptors (Lipinski definition) is 5. The maximum Gasteiger partial charge on any atom is 0.357 e. The molecular weight excluding hydrogens is 256 g/mol. The number of rotatable bonds is 3. The predicted octanol–water partition coefficient (Wildman–Crippen LogP) is 2.63. The molecule has 110 valence electrons. The van der Waals surface area contributed by atoms with Gasteiger partial charge in [-0.3, -0.25) is 0 Å². The lowest BCUT2D eigenvalue weighted by Gasteiger charge is -2.24. The van der Waals surface area contributed by atoms with Crippen LogP contribution in [-0.4, -0.2) is 35.8 Å². The maximum atomic E-state index is 12.0. The van der Waals surface area contributed by atoms with E-state index in [9.17, 15) is 4.79 Å². The van der Waals surface area contributed by atoms with E-state index < -0.39 is 11.6 Å². The van der Waals surface area contributed by atoms with Crippen LogP contribution in [0.2, 0.25) is 0 Å². The summed E-state index contributed by atoms with van der Waals surface area (Å²) in [5, 5.41) is 3.41. The van der Waals surface area contributed by atoms with Gasteiger partial charge in [-0.05, 0) is 45.7 Å². The lowest BCUT2D eigenvalue weighted by atomic mass is 10.1. The van der Waals surface area contributed by atoms with Crippen molar-refractivity contribution in [3.05, 3.63) is 24.0 Å². The van der Waals surface area contributed by atoms with Crippen molar-refractivity contribution in [2.75, 3.05) is 18.5 Å². The van der Waals surface area contributed by atoms with E-state index in [0.717, 1.165) is 31.7 Å². The average Bonchev–Trinajstić information content (AvgIpc) is 2.38. The molecule has 1 N–H and O–H groups in total. The molecule has 1 fully saturated rings. The minimum absolute atomic E-state index is 0.331. The van der Waals surface area contributed by atoms with E-state index >= 15 is 0 Å². The Morgan fingerprint density at radius 1 is 1.40 bits per heavy atom. The molecule has 20 heavy (non-hydrogen) atoms. The molecule has 1 aliphatic rings. The Morgan fingerprint density at radius 3 is 2.75 bits per heavy atom. The monoisotopic (exact) mass is 278 g/mol. The molecule has 0 aliphatic carbocycles. The van der Waals surface area contributed by atoms with Crippen molar-refractivity contribution in [2.24, 2.45) is 0 Å². The first kappa shape index (κ1) is 14.8. The van der Waals surface area contributed by atoms with E-state index in [-0.39, 0.29) is 0 Å². The number of carbonyl (C=O) groups excluding carboxylic acids is 1. The second kappa shape index (κ2) is 6.22. The maximum absolute atomic E-state index is 12.0. The van der Waals surface area contributed by atoms with Crippen LogP contribution in [0.1, 0.15) is 44.1 Å². The predicted molar refractivity (Wildman–Crippen MR) is 76.9 cm³/mol. The van der Waals surface area contributed by atoms with Crippen molar-refractivity contribution in [1.29, 1.82) is 0 Å². The van der Waals surface area contributed by atoms with Gasteiger partial charge in [-0.1, -0.05) is 0 Å². The number of nitrogens with one attached hydrogen (secondary N) is 1. The van der Waals surface area contributed by atoms with Gasteiger partial charge in [0.25, 0.3) is 0 Å². The van der Waals surface area contributed by atoms with E-state index in [2.05, 4.69) is 10.3 Å². The SMILES string of the molecule is CC(C)(C)OC(=O)c1cc(NC2CCOCC2)ccn1. The van der Waals surface area contributed by atoms with Crippen molar-refractivity contribution in [2.45, 2.75) is 45.3 Å². The number of anilines is 1. The fourth-order valence-corrected chi connectivity index (χ4v) is 2.04. The lowest BCUT2D eigenvalue weighted by molar-refractivity contribution is 0.00628. The third-order valence-corrected chi connectivity index (χ3v) is 2.96. The minimum Gasteiger partial charge on any atom is -0.455 e. The summed E-state index contributed by atoms with van der Waals surface area (Å²) in [6.45, 7) is 7.09. The highest BCUT2D eigenvalue weighted by Crippen LogP contribution is 2.17. The first-order chi connectivity index (χ1) is 9.44. The van der Waals surface area contributed by atoms with Gasteiger partial charge in [0, 0.05) is 31.1 Å². The number of aromatic nitrogens is 1. The summed E-state index contributed by atoms with van der Waals surface area (Å²) in [5.41, 5.74) is 0.716. The number of pyridine rings is 1. The number of esters is 1. The number of nitrogens with zero attached hydrogens (tertiary/aromatic N) is 1. The van der Waals surface area contributed by atoms with Crippen LogP contribution >= 0.6 is 0 Å². The van der Waals surface area contributed by atoms with Crippen molar-refractivity contribution in [3.8, 4) is 0 Å². The van der Waals surface area contributed by atoms with Crippen molar-refractivity contribution < 1.29 is 14.3 Å². The topological polar surface area (TPSA) is 60.5 Å². The van der Waals surface area contributed by atoms with Gasteiger partial charge in [0.15, 0.2) is 0 Å². The van der Waals surface area contributed by atoms with Crippen LogP contribution in [0.25, 0.3) is 0 Å². The summed E-state index contributed by atoms with van der Waals surface area (Å²) in [6.07, 6.45) is 3.58. The Labute approximate surface area is 119 Å². The molecule has 5 heteroatoms. The zero-order valence-corrected chi connectivity index (χ0v) is 12.3. The second-order valence-corrected chi connectivity index (χ2v) is 5.96. The Hall–Kier alpha value is -1.62. The van der Waals surface area contributed by atoms with Crippen molar-refractivity contribution in [1.82, 2.24) is 4.98 Å². The molecule has 0 aromatic carbocycles. The molecule has 0 amide bonds. The normalized spacial score (nSPS) is 16.8. The largest absolute Gasteiger partial charge is 0.455 e. The van der Waals surface area contributed by atoms with Crippen LogP contribution in [0.3, 0.4) is 0 Å². The first-order valence-electron chi connectivity index (χ1n) is 6.98. The average molecular weight is 278 g/mol. The van der Waals surface area contributed by atoms with Crippen LogP contribution in [0, 0.1) is 0 Å². The summed E-state index contributed by atoms with van der Waals surface area (Å²) in [5.74, 6) is -0.395. The highest BCUT2D eigenvalue weighted by atomic mass is 16.6. The van der Waals surface area contributed by atoms with E-state index in [1.807, 2.05) is 26.8 Å². The Morgan fingerprint density at radius 2 is 2.10 bits per heavy atom. The number of hydrogen-bond donors (Lipinski definition) is 1. The van der Waals surface area contributed by atoms with Crippen LogP contribution in [0.5, 0.6) is 0 Å². The summed E-state index contributed by atoms with van der Waals surface area (Å²) >= 11 is 0. The van der Waals surface area contributed by atoms with Gasteiger partial charge < -0.3 is 14.8 Å². The fraction of sp³-hybridized carbons (Fsp3) is 0.600. The van der Waals surface area contributed by atoms with E-state index in [0.29, 0.717) is 11.7 Å². The molecule has 2 heterocycles. The Bertz CT molecular complexity index is 462. The molecule has 5 nitrogen and oxygen atoms in total. The van der Waals surface area contributed by atoms with E-state index in [1.54, 1.807) is 12.3 Å². The van der Waals surface area contributed by atoms with Gasteiger partial charge in [-0.2, -0.15) is 0 Å². The van der Waals surface area contributed by atoms with Gasteiger partial charge in [-0.25, -0.2) is 9.78 Å². The zero-order chi connectivity index (χ0) is 14.6.